The quantitative estimate of drug-likeness (QED) is 0.532. The lowest BCUT2D eigenvalue weighted by atomic mass is 10.0. The van der Waals surface area contributed by atoms with Crippen LogP contribution in [-0.2, 0) is 9.59 Å². The standard InChI is InChI=1S/C11H17NO3/c1-4-5-6-7-9(13)12-10(8(2)3)11(14)15/h4-8,10H,1-3H3,(H,12,13)(H,14,15)/t10-/m1/s1. The SMILES string of the molecule is CC=CC=CC(=O)N[C@@H](C(=O)O)C(C)C. The van der Waals surface area contributed by atoms with Gasteiger partial charge in [-0.25, -0.2) is 4.79 Å². The molecule has 0 unspecified atom stereocenters. The van der Waals surface area contributed by atoms with Gasteiger partial charge >= 0.3 is 5.97 Å². The Morgan fingerprint density at radius 1 is 1.27 bits per heavy atom. The molecule has 0 aromatic heterocycles. The van der Waals surface area contributed by atoms with Gasteiger partial charge in [-0.15, -0.1) is 0 Å². The molecule has 0 rings (SSSR count). The number of carboxylic acid groups (broad SMARTS) is 1. The van der Waals surface area contributed by atoms with Gasteiger partial charge in [-0.3, -0.25) is 4.79 Å². The molecule has 4 heteroatoms. The highest BCUT2D eigenvalue weighted by Gasteiger charge is 2.22. The van der Waals surface area contributed by atoms with Crippen LogP contribution < -0.4 is 5.32 Å². The molecule has 0 aliphatic rings. The second-order valence-electron chi connectivity index (χ2n) is 3.45. The van der Waals surface area contributed by atoms with Crippen molar-refractivity contribution in [1.29, 1.82) is 0 Å². The minimum atomic E-state index is -1.02. The Labute approximate surface area is 89.7 Å². The number of hydrogen-bond acceptors (Lipinski definition) is 2. The Morgan fingerprint density at radius 2 is 1.87 bits per heavy atom. The van der Waals surface area contributed by atoms with Crippen molar-refractivity contribution < 1.29 is 14.7 Å². The first-order valence-corrected chi connectivity index (χ1v) is 4.81. The topological polar surface area (TPSA) is 66.4 Å². The van der Waals surface area contributed by atoms with E-state index in [9.17, 15) is 9.59 Å². The van der Waals surface area contributed by atoms with Crippen LogP contribution >= 0.6 is 0 Å². The second-order valence-corrected chi connectivity index (χ2v) is 3.45. The van der Waals surface area contributed by atoms with E-state index in [1.54, 1.807) is 32.1 Å². The van der Waals surface area contributed by atoms with Gasteiger partial charge in [0.15, 0.2) is 0 Å². The molecule has 0 aromatic carbocycles. The van der Waals surface area contributed by atoms with Crippen molar-refractivity contribution in [1.82, 2.24) is 5.32 Å². The molecule has 1 atom stereocenters. The van der Waals surface area contributed by atoms with E-state index in [0.29, 0.717) is 0 Å². The zero-order chi connectivity index (χ0) is 11.8. The van der Waals surface area contributed by atoms with Crippen LogP contribution in [0.2, 0.25) is 0 Å². The summed E-state index contributed by atoms with van der Waals surface area (Å²) in [6.45, 7) is 5.32. The minimum absolute atomic E-state index is 0.137. The average Bonchev–Trinajstić information content (AvgIpc) is 2.13. The van der Waals surface area contributed by atoms with Gasteiger partial charge in [0.2, 0.25) is 5.91 Å². The van der Waals surface area contributed by atoms with Crippen molar-refractivity contribution >= 4 is 11.9 Å². The van der Waals surface area contributed by atoms with Gasteiger partial charge in [-0.2, -0.15) is 0 Å². The molecule has 4 nitrogen and oxygen atoms in total. The number of hydrogen-bond donors (Lipinski definition) is 2. The maximum atomic E-state index is 11.2. The van der Waals surface area contributed by atoms with Gasteiger partial charge < -0.3 is 10.4 Å². The Hall–Kier alpha value is -1.58. The molecule has 0 heterocycles. The van der Waals surface area contributed by atoms with E-state index < -0.39 is 17.9 Å². The van der Waals surface area contributed by atoms with Crippen molar-refractivity contribution in [2.75, 3.05) is 0 Å². The lowest BCUT2D eigenvalue weighted by molar-refractivity contribution is -0.142. The molecule has 0 radical (unpaired) electrons. The van der Waals surface area contributed by atoms with E-state index in [-0.39, 0.29) is 5.92 Å². The largest absolute Gasteiger partial charge is 0.480 e. The summed E-state index contributed by atoms with van der Waals surface area (Å²) in [5, 5.41) is 11.2. The van der Waals surface area contributed by atoms with E-state index >= 15 is 0 Å². The number of nitrogens with one attached hydrogen (secondary N) is 1. The number of carbonyl (C=O) groups is 2. The Bertz CT molecular complexity index is 280. The summed E-state index contributed by atoms with van der Waals surface area (Å²) in [7, 11) is 0. The molecule has 2 N–H and O–H groups in total. The number of allylic oxidation sites excluding steroid dienone is 3. The van der Waals surface area contributed by atoms with E-state index in [2.05, 4.69) is 5.32 Å². The molecule has 1 amide bonds. The highest BCUT2D eigenvalue weighted by molar-refractivity contribution is 5.91. The van der Waals surface area contributed by atoms with Gasteiger partial charge in [0.1, 0.15) is 6.04 Å². The van der Waals surface area contributed by atoms with Crippen molar-refractivity contribution in [2.24, 2.45) is 5.92 Å². The third-order valence-corrected chi connectivity index (χ3v) is 1.78. The Kier molecular flexibility index (Phi) is 6.09. The summed E-state index contributed by atoms with van der Waals surface area (Å²) in [5.74, 6) is -1.55. The molecule has 0 saturated carbocycles. The lowest BCUT2D eigenvalue weighted by Gasteiger charge is -2.16. The van der Waals surface area contributed by atoms with E-state index in [1.165, 1.54) is 6.08 Å². The van der Waals surface area contributed by atoms with Crippen LogP contribution in [0.1, 0.15) is 20.8 Å². The Morgan fingerprint density at radius 3 is 2.27 bits per heavy atom. The zero-order valence-corrected chi connectivity index (χ0v) is 9.23. The van der Waals surface area contributed by atoms with Crippen molar-refractivity contribution in [3.63, 3.8) is 0 Å². The summed E-state index contributed by atoms with van der Waals surface area (Å²) >= 11 is 0. The molecular formula is C11H17NO3. The van der Waals surface area contributed by atoms with E-state index in [0.717, 1.165) is 0 Å². The van der Waals surface area contributed by atoms with E-state index in [4.69, 9.17) is 5.11 Å². The van der Waals surface area contributed by atoms with Crippen LogP contribution in [0.25, 0.3) is 0 Å². The van der Waals surface area contributed by atoms with E-state index in [1.807, 2.05) is 6.92 Å². The van der Waals surface area contributed by atoms with Gasteiger partial charge in [-0.1, -0.05) is 32.1 Å². The van der Waals surface area contributed by atoms with Gasteiger partial charge in [0.05, 0.1) is 0 Å². The fourth-order valence-corrected chi connectivity index (χ4v) is 0.969. The molecule has 0 bridgehead atoms. The first-order valence-electron chi connectivity index (χ1n) is 4.81. The molecule has 84 valence electrons. The van der Waals surface area contributed by atoms with Gasteiger partial charge in [-0.05, 0) is 12.8 Å². The number of aliphatic carboxylic acids is 1. The highest BCUT2D eigenvalue weighted by Crippen LogP contribution is 2.01. The summed E-state index contributed by atoms with van der Waals surface area (Å²) < 4.78 is 0. The fraction of sp³-hybridized carbons (Fsp3) is 0.455. The molecule has 0 aliphatic heterocycles. The first kappa shape index (κ1) is 13.4. The maximum Gasteiger partial charge on any atom is 0.326 e. The van der Waals surface area contributed by atoms with Crippen LogP contribution in [0.4, 0.5) is 0 Å². The van der Waals surface area contributed by atoms with Crippen LogP contribution in [0.3, 0.4) is 0 Å². The number of amides is 1. The summed E-state index contributed by atoms with van der Waals surface area (Å²) in [6.07, 6.45) is 6.35. The molecule has 0 aliphatic carbocycles. The van der Waals surface area contributed by atoms with Crippen LogP contribution in [-0.4, -0.2) is 23.0 Å². The molecule has 0 aromatic rings. The molecular weight excluding hydrogens is 194 g/mol. The second kappa shape index (κ2) is 6.81. The third kappa shape index (κ3) is 5.67. The predicted octanol–water partition coefficient (Wildman–Crippen LogP) is 1.34. The average molecular weight is 211 g/mol. The fourth-order valence-electron chi connectivity index (χ4n) is 0.969. The summed E-state index contributed by atoms with van der Waals surface area (Å²) in [6, 6.07) is -0.840. The molecule has 15 heavy (non-hydrogen) atoms. The molecule has 0 fully saturated rings. The third-order valence-electron chi connectivity index (χ3n) is 1.78. The smallest absolute Gasteiger partial charge is 0.326 e. The van der Waals surface area contributed by atoms with Crippen LogP contribution in [0.15, 0.2) is 24.3 Å². The number of carbonyl (C=O) groups excluding carboxylic acids is 1. The lowest BCUT2D eigenvalue weighted by Crippen LogP contribution is -2.43. The first-order chi connectivity index (χ1) is 6.99. The summed E-state index contributed by atoms with van der Waals surface area (Å²) in [5.41, 5.74) is 0. The zero-order valence-electron chi connectivity index (χ0n) is 9.23. The normalized spacial score (nSPS) is 13.6. The number of carboxylic acids is 1. The predicted molar refractivity (Wildman–Crippen MR) is 58.4 cm³/mol. The molecule has 0 saturated heterocycles. The minimum Gasteiger partial charge on any atom is -0.480 e. The van der Waals surface area contributed by atoms with Gasteiger partial charge in [0.25, 0.3) is 0 Å². The van der Waals surface area contributed by atoms with Crippen LogP contribution in [0, 0.1) is 5.92 Å². The van der Waals surface area contributed by atoms with Crippen molar-refractivity contribution in [3.8, 4) is 0 Å². The van der Waals surface area contributed by atoms with Crippen LogP contribution in [0.5, 0.6) is 0 Å². The Balaban J connectivity index is 4.30. The highest BCUT2D eigenvalue weighted by atomic mass is 16.4. The maximum absolute atomic E-state index is 11.2. The van der Waals surface area contributed by atoms with Crippen molar-refractivity contribution in [2.45, 2.75) is 26.8 Å². The number of rotatable bonds is 5. The molecule has 0 spiro atoms. The summed E-state index contributed by atoms with van der Waals surface area (Å²) in [4.78, 5) is 22.0. The monoisotopic (exact) mass is 211 g/mol. The van der Waals surface area contributed by atoms with Crippen molar-refractivity contribution in [3.05, 3.63) is 24.3 Å². The van der Waals surface area contributed by atoms with Gasteiger partial charge in [0, 0.05) is 6.08 Å².